The summed E-state index contributed by atoms with van der Waals surface area (Å²) in [7, 11) is -1.39. The number of nitrogens with zero attached hydrogens (tertiary/aromatic N) is 1. The van der Waals surface area contributed by atoms with E-state index >= 15 is 0 Å². The van der Waals surface area contributed by atoms with Crippen LogP contribution in [0.1, 0.15) is 56.9 Å². The minimum atomic E-state index is -1.39. The normalized spacial score (nSPS) is 19.7. The lowest BCUT2D eigenvalue weighted by molar-refractivity contribution is -0.144. The zero-order chi connectivity index (χ0) is 21.4. The van der Waals surface area contributed by atoms with E-state index in [9.17, 15) is 18.7 Å². The number of carboxylic acids is 1. The molecule has 0 bridgehead atoms. The van der Waals surface area contributed by atoms with E-state index in [1.807, 2.05) is 0 Å². The predicted molar refractivity (Wildman–Crippen MR) is 107 cm³/mol. The Kier molecular flexibility index (Phi) is 9.01. The highest BCUT2D eigenvalue weighted by Gasteiger charge is 2.35. The highest BCUT2D eigenvalue weighted by Crippen LogP contribution is 2.27. The molecule has 1 fully saturated rings. The van der Waals surface area contributed by atoms with E-state index in [0.29, 0.717) is 37.8 Å². The molecule has 0 radical (unpaired) electrons. The Hall–Kier alpha value is -1.55. The Morgan fingerprint density at radius 1 is 1.17 bits per heavy atom. The van der Waals surface area contributed by atoms with Gasteiger partial charge in [-0.15, -0.1) is 0 Å². The van der Waals surface area contributed by atoms with Gasteiger partial charge in [0.2, 0.25) is 0 Å². The molecule has 162 valence electrons. The Balaban J connectivity index is 1.96. The largest absolute Gasteiger partial charge is 0.480 e. The first-order chi connectivity index (χ1) is 13.7. The predicted octanol–water partition coefficient (Wildman–Crippen LogP) is 2.52. The number of halogens is 2. The second-order valence-corrected chi connectivity index (χ2v) is 8.12. The second kappa shape index (κ2) is 11.0. The fraction of sp³-hybridized carbons (Fsp3) is 0.650. The van der Waals surface area contributed by atoms with Gasteiger partial charge in [-0.2, -0.15) is 0 Å². The van der Waals surface area contributed by atoms with Gasteiger partial charge in [-0.25, -0.2) is 8.78 Å². The average Bonchev–Trinajstić information content (AvgIpc) is 2.63. The highest BCUT2D eigenvalue weighted by atomic mass is 19.1. The second-order valence-electron chi connectivity index (χ2n) is 8.12. The van der Waals surface area contributed by atoms with Crippen molar-refractivity contribution < 1.29 is 28.7 Å². The topological polar surface area (TPSA) is 107 Å². The molecule has 1 aliphatic rings. The molecule has 0 spiro atoms. The van der Waals surface area contributed by atoms with Crippen LogP contribution in [0.5, 0.6) is 0 Å². The number of carbonyl (C=O) groups is 1. The molecule has 1 aliphatic heterocycles. The summed E-state index contributed by atoms with van der Waals surface area (Å²) in [6, 6.07) is 3.61. The quantitative estimate of drug-likeness (QED) is 0.329. The van der Waals surface area contributed by atoms with Crippen LogP contribution in [0.25, 0.3) is 0 Å². The molecule has 1 heterocycles. The molecule has 1 aromatic rings. The third kappa shape index (κ3) is 7.66. The highest BCUT2D eigenvalue weighted by molar-refractivity contribution is 6.40. The number of benzene rings is 1. The van der Waals surface area contributed by atoms with Gasteiger partial charge in [-0.3, -0.25) is 9.69 Å². The van der Waals surface area contributed by atoms with Crippen LogP contribution in [-0.4, -0.2) is 51.3 Å². The minimum absolute atomic E-state index is 0.108. The molecule has 2 unspecified atom stereocenters. The van der Waals surface area contributed by atoms with Gasteiger partial charge in [0.1, 0.15) is 17.2 Å². The lowest BCUT2D eigenvalue weighted by Crippen LogP contribution is -2.49. The van der Waals surface area contributed by atoms with Crippen LogP contribution < -0.4 is 5.73 Å². The number of carboxylic acid groups (broad SMARTS) is 1. The summed E-state index contributed by atoms with van der Waals surface area (Å²) in [5, 5.41) is 27.4. The van der Waals surface area contributed by atoms with Crippen molar-refractivity contribution in [3.63, 3.8) is 0 Å². The lowest BCUT2D eigenvalue weighted by atomic mass is 9.80. The number of hydrogen-bond donors (Lipinski definition) is 4. The molecule has 0 aliphatic carbocycles. The van der Waals surface area contributed by atoms with Gasteiger partial charge in [0.05, 0.1) is 0 Å². The fourth-order valence-electron chi connectivity index (χ4n) is 4.06. The molecule has 2 atom stereocenters. The zero-order valence-corrected chi connectivity index (χ0v) is 16.7. The van der Waals surface area contributed by atoms with Gasteiger partial charge in [-0.05, 0) is 62.7 Å². The third-order valence-corrected chi connectivity index (χ3v) is 5.74. The van der Waals surface area contributed by atoms with Crippen molar-refractivity contribution in [2.75, 3.05) is 6.54 Å². The van der Waals surface area contributed by atoms with Crippen molar-refractivity contribution in [1.29, 1.82) is 0 Å². The number of nitrogens with two attached hydrogens (primary N) is 1. The first kappa shape index (κ1) is 23.7. The summed E-state index contributed by atoms with van der Waals surface area (Å²) in [5.41, 5.74) is 5.37. The van der Waals surface area contributed by atoms with Crippen molar-refractivity contribution in [3.05, 3.63) is 35.4 Å². The Morgan fingerprint density at radius 2 is 1.86 bits per heavy atom. The van der Waals surface area contributed by atoms with E-state index in [4.69, 9.17) is 15.8 Å². The number of rotatable bonds is 11. The molecular weight excluding hydrogens is 381 g/mol. The molecule has 0 amide bonds. The molecule has 9 heteroatoms. The molecule has 6 nitrogen and oxygen atoms in total. The maximum Gasteiger partial charge on any atom is 0.451 e. The molecule has 0 saturated carbocycles. The Labute approximate surface area is 170 Å². The van der Waals surface area contributed by atoms with E-state index in [0.717, 1.165) is 31.9 Å². The molecule has 1 aromatic carbocycles. The smallest absolute Gasteiger partial charge is 0.451 e. The van der Waals surface area contributed by atoms with E-state index in [1.165, 1.54) is 12.1 Å². The lowest BCUT2D eigenvalue weighted by Gasteiger charge is -2.37. The average molecular weight is 412 g/mol. The standard InChI is InChI=1S/C20H31BF2N2O4/c22-16-11-15(12-17(23)13-16)14-25-10-4-1-5-18(25)6-8-20(24,19(26)27)7-2-3-9-21(28)29/h11-13,18,28-29H,1-10,14,24H2,(H,26,27). The summed E-state index contributed by atoms with van der Waals surface area (Å²) < 4.78 is 27.0. The van der Waals surface area contributed by atoms with Gasteiger partial charge >= 0.3 is 13.1 Å². The van der Waals surface area contributed by atoms with Crippen molar-refractivity contribution in [3.8, 4) is 0 Å². The monoisotopic (exact) mass is 412 g/mol. The first-order valence-corrected chi connectivity index (χ1v) is 10.3. The SMILES string of the molecule is NC(CCCCB(O)O)(CCC1CCCCN1Cc1cc(F)cc(F)c1)C(=O)O. The van der Waals surface area contributed by atoms with Crippen molar-refractivity contribution in [2.45, 2.75) is 75.8 Å². The number of unbranched alkanes of at least 4 members (excludes halogenated alkanes) is 1. The number of aliphatic carboxylic acids is 1. The molecule has 5 N–H and O–H groups in total. The summed E-state index contributed by atoms with van der Waals surface area (Å²) >= 11 is 0. The van der Waals surface area contributed by atoms with Gasteiger partial charge in [0.25, 0.3) is 0 Å². The fourth-order valence-corrected chi connectivity index (χ4v) is 4.06. The van der Waals surface area contributed by atoms with Crippen LogP contribution in [0.4, 0.5) is 8.78 Å². The van der Waals surface area contributed by atoms with Crippen LogP contribution in [0.15, 0.2) is 18.2 Å². The molecule has 0 aromatic heterocycles. The minimum Gasteiger partial charge on any atom is -0.480 e. The van der Waals surface area contributed by atoms with Crippen molar-refractivity contribution in [1.82, 2.24) is 4.90 Å². The van der Waals surface area contributed by atoms with Crippen LogP contribution in [-0.2, 0) is 11.3 Å². The molecule has 2 rings (SSSR count). The van der Waals surface area contributed by atoms with E-state index < -0.39 is 30.3 Å². The molecular formula is C20H31BF2N2O4. The third-order valence-electron chi connectivity index (χ3n) is 5.74. The van der Waals surface area contributed by atoms with Crippen molar-refractivity contribution >= 4 is 13.1 Å². The van der Waals surface area contributed by atoms with Crippen LogP contribution in [0, 0.1) is 11.6 Å². The van der Waals surface area contributed by atoms with Crippen LogP contribution in [0.3, 0.4) is 0 Å². The maximum atomic E-state index is 13.5. The van der Waals surface area contributed by atoms with Crippen molar-refractivity contribution in [2.24, 2.45) is 5.73 Å². The summed E-state index contributed by atoms with van der Waals surface area (Å²) in [4.78, 5) is 13.9. The van der Waals surface area contributed by atoms with E-state index in [1.54, 1.807) is 0 Å². The van der Waals surface area contributed by atoms with Gasteiger partial charge in [0, 0.05) is 18.7 Å². The summed E-state index contributed by atoms with van der Waals surface area (Å²) in [6.45, 7) is 1.21. The summed E-state index contributed by atoms with van der Waals surface area (Å²) in [5.74, 6) is -2.27. The van der Waals surface area contributed by atoms with E-state index in [-0.39, 0.29) is 18.8 Å². The number of likely N-dealkylation sites (tertiary alicyclic amines) is 1. The van der Waals surface area contributed by atoms with Gasteiger partial charge < -0.3 is 20.9 Å². The zero-order valence-electron chi connectivity index (χ0n) is 16.7. The number of piperidine rings is 1. The summed E-state index contributed by atoms with van der Waals surface area (Å²) in [6.07, 6.45) is 5.23. The first-order valence-electron chi connectivity index (χ1n) is 10.3. The van der Waals surface area contributed by atoms with Crippen LogP contribution in [0.2, 0.25) is 6.32 Å². The van der Waals surface area contributed by atoms with Gasteiger partial charge in [0.15, 0.2) is 0 Å². The molecule has 29 heavy (non-hydrogen) atoms. The maximum absolute atomic E-state index is 13.5. The van der Waals surface area contributed by atoms with Gasteiger partial charge in [-0.1, -0.05) is 19.3 Å². The number of hydrogen-bond acceptors (Lipinski definition) is 5. The Morgan fingerprint density at radius 3 is 2.48 bits per heavy atom. The van der Waals surface area contributed by atoms with Crippen LogP contribution >= 0.6 is 0 Å². The van der Waals surface area contributed by atoms with E-state index in [2.05, 4.69) is 4.90 Å². The molecule has 1 saturated heterocycles. The Bertz CT molecular complexity index is 660.